The van der Waals surface area contributed by atoms with Crippen LogP contribution in [0.25, 0.3) is 0 Å². The number of rotatable bonds is 1. The fraction of sp³-hybridized carbons (Fsp3) is 0.273. The highest BCUT2D eigenvalue weighted by Crippen LogP contribution is 2.32. The van der Waals surface area contributed by atoms with Crippen LogP contribution in [0.5, 0.6) is 0 Å². The second-order valence-electron chi connectivity index (χ2n) is 3.85. The molecule has 1 aromatic rings. The monoisotopic (exact) mass is 259 g/mol. The summed E-state index contributed by atoms with van der Waals surface area (Å²) in [7, 11) is 0. The molecule has 96 valence electrons. The Morgan fingerprint density at radius 3 is 2.50 bits per heavy atom. The van der Waals surface area contributed by atoms with Crippen molar-refractivity contribution in [3.63, 3.8) is 0 Å². The van der Waals surface area contributed by atoms with Gasteiger partial charge in [-0.3, -0.25) is 9.59 Å². The van der Waals surface area contributed by atoms with E-state index in [1.54, 1.807) is 5.32 Å². The van der Waals surface area contributed by atoms with Gasteiger partial charge in [0.25, 0.3) is 0 Å². The summed E-state index contributed by atoms with van der Waals surface area (Å²) in [5.41, 5.74) is 0.310. The molecule has 0 aromatic heterocycles. The summed E-state index contributed by atoms with van der Waals surface area (Å²) in [6.07, 6.45) is -6.74. The topological polar surface area (TPSA) is 66.4 Å². The molecule has 2 rings (SSSR count). The Labute approximate surface area is 99.4 Å². The second-order valence-corrected chi connectivity index (χ2v) is 3.85. The van der Waals surface area contributed by atoms with Crippen LogP contribution in [0, 0.1) is 0 Å². The summed E-state index contributed by atoms with van der Waals surface area (Å²) >= 11 is 0. The highest BCUT2D eigenvalue weighted by Gasteiger charge is 2.45. The normalized spacial score (nSPS) is 22.8. The first kappa shape index (κ1) is 12.6. The Hall–Kier alpha value is -1.89. The molecule has 0 fully saturated rings. The van der Waals surface area contributed by atoms with Gasteiger partial charge >= 0.3 is 12.1 Å². The van der Waals surface area contributed by atoms with Gasteiger partial charge in [-0.1, -0.05) is 24.3 Å². The van der Waals surface area contributed by atoms with Gasteiger partial charge in [0, 0.05) is 5.56 Å². The maximum atomic E-state index is 12.1. The van der Waals surface area contributed by atoms with Crippen LogP contribution in [0.1, 0.15) is 22.0 Å². The predicted molar refractivity (Wildman–Crippen MR) is 53.7 cm³/mol. The van der Waals surface area contributed by atoms with Gasteiger partial charge in [0.1, 0.15) is 6.10 Å². The van der Waals surface area contributed by atoms with Crippen LogP contribution in [0.3, 0.4) is 0 Å². The zero-order valence-electron chi connectivity index (χ0n) is 8.86. The van der Waals surface area contributed by atoms with Crippen molar-refractivity contribution in [2.75, 3.05) is 0 Å². The van der Waals surface area contributed by atoms with Gasteiger partial charge < -0.3 is 10.4 Å². The molecule has 18 heavy (non-hydrogen) atoms. The van der Waals surface area contributed by atoms with Gasteiger partial charge in [-0.05, 0) is 5.56 Å². The van der Waals surface area contributed by atoms with Crippen molar-refractivity contribution < 1.29 is 27.9 Å². The summed E-state index contributed by atoms with van der Waals surface area (Å²) in [5.74, 6) is -2.88. The number of amides is 1. The van der Waals surface area contributed by atoms with E-state index in [9.17, 15) is 27.9 Å². The summed E-state index contributed by atoms with van der Waals surface area (Å²) in [6.45, 7) is 0. The van der Waals surface area contributed by atoms with Gasteiger partial charge in [-0.15, -0.1) is 0 Å². The standard InChI is InChI=1S/C11H8F3NO3/c12-11(13,14)10(18)15-7-5-3-1-2-4-6(5)8(16)9(7)17/h1-4,7,9,17H,(H,15,18)/t7-,9+/m1/s1. The third-order valence-corrected chi connectivity index (χ3v) is 2.69. The Balaban J connectivity index is 2.30. The van der Waals surface area contributed by atoms with Gasteiger partial charge in [-0.2, -0.15) is 13.2 Å². The number of fused-ring (bicyclic) bond motifs is 1. The number of alkyl halides is 3. The zero-order chi connectivity index (χ0) is 13.5. The molecule has 1 aliphatic carbocycles. The summed E-state index contributed by atoms with van der Waals surface area (Å²) < 4.78 is 36.4. The Morgan fingerprint density at radius 2 is 1.89 bits per heavy atom. The lowest BCUT2D eigenvalue weighted by Crippen LogP contribution is -2.42. The fourth-order valence-electron chi connectivity index (χ4n) is 1.85. The van der Waals surface area contributed by atoms with Crippen LogP contribution in [-0.2, 0) is 4.79 Å². The maximum Gasteiger partial charge on any atom is 0.471 e. The lowest BCUT2D eigenvalue weighted by Gasteiger charge is -2.17. The molecule has 0 heterocycles. The summed E-state index contributed by atoms with van der Waals surface area (Å²) in [4.78, 5) is 22.4. The number of carbonyl (C=O) groups is 2. The van der Waals surface area contributed by atoms with Gasteiger partial charge in [0.2, 0.25) is 0 Å². The quantitative estimate of drug-likeness (QED) is 0.789. The zero-order valence-corrected chi connectivity index (χ0v) is 8.86. The van der Waals surface area contributed by atoms with Crippen molar-refractivity contribution in [1.82, 2.24) is 5.32 Å². The molecule has 2 N–H and O–H groups in total. The van der Waals surface area contributed by atoms with Crippen molar-refractivity contribution >= 4 is 11.7 Å². The van der Waals surface area contributed by atoms with Crippen LogP contribution in [0.4, 0.5) is 13.2 Å². The molecule has 1 aliphatic rings. The molecule has 4 nitrogen and oxygen atoms in total. The number of hydrogen-bond acceptors (Lipinski definition) is 3. The number of Topliss-reactive ketones (excluding diaryl/α,β-unsaturated/α-hetero) is 1. The average molecular weight is 259 g/mol. The highest BCUT2D eigenvalue weighted by atomic mass is 19.4. The van der Waals surface area contributed by atoms with Crippen molar-refractivity contribution in [3.05, 3.63) is 35.4 Å². The molecule has 0 aliphatic heterocycles. The molecule has 0 spiro atoms. The minimum atomic E-state index is -5.06. The maximum absolute atomic E-state index is 12.1. The third kappa shape index (κ3) is 1.97. The largest absolute Gasteiger partial charge is 0.471 e. The molecule has 1 amide bonds. The highest BCUT2D eigenvalue weighted by molar-refractivity contribution is 6.05. The minimum Gasteiger partial charge on any atom is -0.382 e. The number of benzene rings is 1. The van der Waals surface area contributed by atoms with Crippen LogP contribution in [0.2, 0.25) is 0 Å². The van der Waals surface area contributed by atoms with E-state index < -0.39 is 30.0 Å². The molecule has 0 unspecified atom stereocenters. The number of hydrogen-bond donors (Lipinski definition) is 2. The van der Waals surface area contributed by atoms with Gasteiger partial charge in [0.05, 0.1) is 6.04 Å². The van der Waals surface area contributed by atoms with Crippen molar-refractivity contribution in [2.24, 2.45) is 0 Å². The Bertz CT molecular complexity index is 513. The van der Waals surface area contributed by atoms with Crippen molar-refractivity contribution in [2.45, 2.75) is 18.3 Å². The smallest absolute Gasteiger partial charge is 0.382 e. The van der Waals surface area contributed by atoms with Gasteiger partial charge in [0.15, 0.2) is 5.78 Å². The van der Waals surface area contributed by atoms with E-state index >= 15 is 0 Å². The molecule has 0 bridgehead atoms. The molecular formula is C11H8F3NO3. The van der Waals surface area contributed by atoms with Crippen LogP contribution < -0.4 is 5.32 Å². The van der Waals surface area contributed by atoms with E-state index in [2.05, 4.69) is 0 Å². The van der Waals surface area contributed by atoms with Gasteiger partial charge in [-0.25, -0.2) is 0 Å². The lowest BCUT2D eigenvalue weighted by atomic mass is 10.1. The number of halogens is 3. The van der Waals surface area contributed by atoms with Crippen LogP contribution in [0.15, 0.2) is 24.3 Å². The summed E-state index contributed by atoms with van der Waals surface area (Å²) in [6, 6.07) is 4.46. The lowest BCUT2D eigenvalue weighted by molar-refractivity contribution is -0.174. The van der Waals surface area contributed by atoms with E-state index in [0.29, 0.717) is 0 Å². The second kappa shape index (κ2) is 4.09. The predicted octanol–water partition coefficient (Wildman–Crippen LogP) is 0.963. The summed E-state index contributed by atoms with van der Waals surface area (Å²) in [5, 5.41) is 11.2. The average Bonchev–Trinajstić information content (AvgIpc) is 2.54. The van der Waals surface area contributed by atoms with E-state index in [4.69, 9.17) is 0 Å². The third-order valence-electron chi connectivity index (χ3n) is 2.69. The number of aliphatic hydroxyl groups excluding tert-OH is 1. The molecular weight excluding hydrogens is 251 g/mol. The first-order chi connectivity index (χ1) is 8.32. The van der Waals surface area contributed by atoms with Crippen LogP contribution >= 0.6 is 0 Å². The van der Waals surface area contributed by atoms with Crippen LogP contribution in [-0.4, -0.2) is 29.1 Å². The number of carbonyl (C=O) groups excluding carboxylic acids is 2. The van der Waals surface area contributed by atoms with Crippen molar-refractivity contribution in [1.29, 1.82) is 0 Å². The Morgan fingerprint density at radius 1 is 1.28 bits per heavy atom. The van der Waals surface area contributed by atoms with Crippen molar-refractivity contribution in [3.8, 4) is 0 Å². The molecule has 0 radical (unpaired) electrons. The van der Waals surface area contributed by atoms with E-state index in [1.807, 2.05) is 0 Å². The molecule has 0 saturated carbocycles. The molecule has 0 saturated heterocycles. The number of aliphatic hydroxyl groups is 1. The first-order valence-electron chi connectivity index (χ1n) is 5.01. The SMILES string of the molecule is O=C1c2ccccc2[C@@H](NC(=O)C(F)(F)F)[C@@H]1O. The fourth-order valence-corrected chi connectivity index (χ4v) is 1.85. The number of nitrogens with one attached hydrogen (secondary N) is 1. The first-order valence-corrected chi connectivity index (χ1v) is 5.01. The van der Waals surface area contributed by atoms with E-state index in [1.165, 1.54) is 24.3 Å². The van der Waals surface area contributed by atoms with E-state index in [-0.39, 0.29) is 11.1 Å². The minimum absolute atomic E-state index is 0.123. The molecule has 1 aromatic carbocycles. The molecule has 7 heteroatoms. The number of ketones is 1. The van der Waals surface area contributed by atoms with E-state index in [0.717, 1.165) is 0 Å². The molecule has 2 atom stereocenters. The Kier molecular flexibility index (Phi) is 2.86.